The van der Waals surface area contributed by atoms with Gasteiger partial charge in [-0.3, -0.25) is 9.59 Å². The van der Waals surface area contributed by atoms with Gasteiger partial charge in [-0.2, -0.15) is 0 Å². The minimum atomic E-state index is -0.490. The molecule has 1 aliphatic carbocycles. The van der Waals surface area contributed by atoms with Crippen molar-refractivity contribution in [3.8, 4) is 5.75 Å². The number of carbonyl (C=O) groups excluding carboxylic acids is 2. The fraction of sp³-hybridized carbons (Fsp3) is 0.440. The zero-order chi connectivity index (χ0) is 25.1. The third-order valence-corrected chi connectivity index (χ3v) is 8.41. The molecule has 0 saturated carbocycles. The molecule has 8 nitrogen and oxygen atoms in total. The lowest BCUT2D eigenvalue weighted by Crippen LogP contribution is -2.20. The Kier molecular flexibility index (Phi) is 7.81. The molecular weight excluding hydrogens is 482 g/mol. The third-order valence-electron chi connectivity index (χ3n) is 6.22. The van der Waals surface area contributed by atoms with Crippen LogP contribution in [0.3, 0.4) is 0 Å². The molecule has 0 spiro atoms. The summed E-state index contributed by atoms with van der Waals surface area (Å²) >= 11 is 2.75. The minimum absolute atomic E-state index is 0.136. The van der Waals surface area contributed by atoms with E-state index in [4.69, 9.17) is 10.5 Å². The lowest BCUT2D eigenvalue weighted by atomic mass is 9.88. The van der Waals surface area contributed by atoms with Crippen LogP contribution in [0.4, 0.5) is 5.00 Å². The molecule has 0 radical (unpaired) electrons. The Hall–Kier alpha value is -2.85. The summed E-state index contributed by atoms with van der Waals surface area (Å²) in [5.74, 6) is 1.43. The predicted octanol–water partition coefficient (Wildman–Crippen LogP) is 4.53. The topological polar surface area (TPSA) is 112 Å². The number of fused-ring (bicyclic) bond motifs is 1. The fourth-order valence-electron chi connectivity index (χ4n) is 4.26. The van der Waals surface area contributed by atoms with Gasteiger partial charge in [-0.05, 0) is 61.8 Å². The Balaban J connectivity index is 1.38. The van der Waals surface area contributed by atoms with Gasteiger partial charge in [0.2, 0.25) is 5.91 Å². The van der Waals surface area contributed by atoms with Crippen LogP contribution < -0.4 is 15.8 Å². The van der Waals surface area contributed by atoms with Gasteiger partial charge >= 0.3 is 0 Å². The first kappa shape index (κ1) is 25.2. The van der Waals surface area contributed by atoms with Crippen molar-refractivity contribution in [1.29, 1.82) is 0 Å². The molecule has 1 aromatic carbocycles. The first-order chi connectivity index (χ1) is 16.8. The fourth-order valence-corrected chi connectivity index (χ4v) is 6.41. The molecule has 0 saturated heterocycles. The number of ether oxygens (including phenoxy) is 1. The predicted molar refractivity (Wildman–Crippen MR) is 139 cm³/mol. The van der Waals surface area contributed by atoms with Gasteiger partial charge in [-0.25, -0.2) is 0 Å². The SMILES string of the molecule is CCc1ccc(OC(C)c2nnc(SCC(=O)Nc3sc4c(c3C(N)=O)CCC(C)C4)n2C)cc1. The van der Waals surface area contributed by atoms with E-state index in [9.17, 15) is 9.59 Å². The molecular formula is C25H31N5O3S2. The monoisotopic (exact) mass is 513 g/mol. The minimum Gasteiger partial charge on any atom is -0.483 e. The Morgan fingerprint density at radius 1 is 1.31 bits per heavy atom. The summed E-state index contributed by atoms with van der Waals surface area (Å²) in [5.41, 5.74) is 8.37. The summed E-state index contributed by atoms with van der Waals surface area (Å²) in [5, 5.41) is 12.6. The number of nitrogens with one attached hydrogen (secondary N) is 1. The number of anilines is 1. The zero-order valence-corrected chi connectivity index (χ0v) is 22.1. The molecule has 2 heterocycles. The average Bonchev–Trinajstić information content (AvgIpc) is 3.37. The van der Waals surface area contributed by atoms with Crippen molar-refractivity contribution in [2.75, 3.05) is 11.1 Å². The summed E-state index contributed by atoms with van der Waals surface area (Å²) < 4.78 is 7.86. The Morgan fingerprint density at radius 2 is 2.06 bits per heavy atom. The van der Waals surface area contributed by atoms with E-state index in [0.717, 1.165) is 41.9 Å². The van der Waals surface area contributed by atoms with Crippen LogP contribution in [-0.2, 0) is 31.1 Å². The Bertz CT molecular complexity index is 1220. The molecule has 10 heteroatoms. The van der Waals surface area contributed by atoms with Crippen molar-refractivity contribution in [3.05, 3.63) is 51.7 Å². The van der Waals surface area contributed by atoms with E-state index in [0.29, 0.717) is 27.5 Å². The number of primary amides is 1. The quantitative estimate of drug-likeness (QED) is 0.407. The van der Waals surface area contributed by atoms with Crippen LogP contribution in [0, 0.1) is 5.92 Å². The number of thioether (sulfide) groups is 1. The lowest BCUT2D eigenvalue weighted by Gasteiger charge is -2.18. The van der Waals surface area contributed by atoms with Crippen molar-refractivity contribution in [3.63, 3.8) is 0 Å². The third kappa shape index (κ3) is 5.70. The second-order valence-electron chi connectivity index (χ2n) is 8.91. The Morgan fingerprint density at radius 3 is 2.74 bits per heavy atom. The maximum absolute atomic E-state index is 12.7. The van der Waals surface area contributed by atoms with E-state index in [1.165, 1.54) is 28.7 Å². The molecule has 2 amide bonds. The highest BCUT2D eigenvalue weighted by Crippen LogP contribution is 2.39. The van der Waals surface area contributed by atoms with Gasteiger partial charge in [-0.15, -0.1) is 21.5 Å². The van der Waals surface area contributed by atoms with Gasteiger partial charge in [-0.1, -0.05) is 37.7 Å². The van der Waals surface area contributed by atoms with Crippen molar-refractivity contribution in [2.45, 2.75) is 57.7 Å². The number of carbonyl (C=O) groups is 2. The van der Waals surface area contributed by atoms with Gasteiger partial charge in [0.05, 0.1) is 11.3 Å². The number of aryl methyl sites for hydroxylation is 1. The summed E-state index contributed by atoms with van der Waals surface area (Å²) in [6.07, 6.45) is 3.43. The summed E-state index contributed by atoms with van der Waals surface area (Å²) in [7, 11) is 1.86. The number of nitrogens with two attached hydrogens (primary N) is 1. The van der Waals surface area contributed by atoms with Gasteiger partial charge in [0.15, 0.2) is 17.1 Å². The zero-order valence-electron chi connectivity index (χ0n) is 20.5. The highest BCUT2D eigenvalue weighted by molar-refractivity contribution is 7.99. The summed E-state index contributed by atoms with van der Waals surface area (Å²) in [4.78, 5) is 26.0. The number of rotatable bonds is 9. The van der Waals surface area contributed by atoms with Gasteiger partial charge in [0.25, 0.3) is 5.91 Å². The number of benzene rings is 1. The second kappa shape index (κ2) is 10.8. The molecule has 3 N–H and O–H groups in total. The first-order valence-electron chi connectivity index (χ1n) is 11.8. The van der Waals surface area contributed by atoms with Crippen molar-refractivity contribution in [1.82, 2.24) is 14.8 Å². The smallest absolute Gasteiger partial charge is 0.251 e. The maximum atomic E-state index is 12.7. The summed E-state index contributed by atoms with van der Waals surface area (Å²) in [6, 6.07) is 8.00. The molecule has 2 atom stereocenters. The molecule has 35 heavy (non-hydrogen) atoms. The molecule has 1 aliphatic rings. The molecule has 0 aliphatic heterocycles. The van der Waals surface area contributed by atoms with Crippen LogP contribution in [0.2, 0.25) is 0 Å². The second-order valence-corrected chi connectivity index (χ2v) is 11.0. The first-order valence-corrected chi connectivity index (χ1v) is 13.6. The molecule has 4 rings (SSSR count). The van der Waals surface area contributed by atoms with Crippen LogP contribution in [0.5, 0.6) is 5.75 Å². The van der Waals surface area contributed by atoms with E-state index in [1.807, 2.05) is 42.8 Å². The van der Waals surface area contributed by atoms with Gasteiger partial charge in [0.1, 0.15) is 10.8 Å². The average molecular weight is 514 g/mol. The maximum Gasteiger partial charge on any atom is 0.251 e. The highest BCUT2D eigenvalue weighted by Gasteiger charge is 2.27. The molecule has 0 bridgehead atoms. The Labute approximate surface area is 213 Å². The van der Waals surface area contributed by atoms with Crippen LogP contribution in [0.15, 0.2) is 29.4 Å². The number of hydrogen-bond donors (Lipinski definition) is 2. The molecule has 3 aromatic rings. The lowest BCUT2D eigenvalue weighted by molar-refractivity contribution is -0.113. The number of thiophene rings is 1. The summed E-state index contributed by atoms with van der Waals surface area (Å²) in [6.45, 7) is 6.23. The molecule has 186 valence electrons. The number of amides is 2. The van der Waals surface area contributed by atoms with E-state index in [2.05, 4.69) is 29.4 Å². The standard InChI is InChI=1S/C25H31N5O3S2/c1-5-16-7-9-17(10-8-16)33-15(3)23-28-29-25(30(23)4)34-13-20(31)27-24-21(22(26)32)18-11-6-14(2)12-19(18)35-24/h7-10,14-15H,5-6,11-13H2,1-4H3,(H2,26,32)(H,27,31). The molecule has 0 fully saturated rings. The number of nitrogens with zero attached hydrogens (tertiary/aromatic N) is 3. The largest absolute Gasteiger partial charge is 0.483 e. The van der Waals surface area contributed by atoms with Crippen molar-refractivity contribution < 1.29 is 14.3 Å². The van der Waals surface area contributed by atoms with Crippen LogP contribution in [-0.4, -0.2) is 32.3 Å². The number of hydrogen-bond acceptors (Lipinski definition) is 7. The van der Waals surface area contributed by atoms with E-state index >= 15 is 0 Å². The van der Waals surface area contributed by atoms with Crippen LogP contribution in [0.1, 0.15) is 65.5 Å². The van der Waals surface area contributed by atoms with Crippen molar-refractivity contribution >= 4 is 39.9 Å². The van der Waals surface area contributed by atoms with Crippen LogP contribution in [0.25, 0.3) is 0 Å². The molecule has 2 unspecified atom stereocenters. The van der Waals surface area contributed by atoms with Gasteiger partial charge in [0, 0.05) is 11.9 Å². The van der Waals surface area contributed by atoms with Crippen molar-refractivity contribution in [2.24, 2.45) is 18.7 Å². The molecule has 2 aromatic heterocycles. The van der Waals surface area contributed by atoms with E-state index < -0.39 is 5.91 Å². The van der Waals surface area contributed by atoms with E-state index in [-0.39, 0.29) is 17.8 Å². The highest BCUT2D eigenvalue weighted by atomic mass is 32.2. The number of aromatic nitrogens is 3. The normalized spacial score (nSPS) is 15.9. The van der Waals surface area contributed by atoms with Gasteiger partial charge < -0.3 is 20.4 Å². The van der Waals surface area contributed by atoms with Crippen LogP contribution >= 0.6 is 23.1 Å². The van der Waals surface area contributed by atoms with E-state index in [1.54, 1.807) is 0 Å².